The molecule has 2 heteroatoms. The molecule has 0 aromatic carbocycles. The smallest absolute Gasteiger partial charge is 0.306 e. The molecule has 1 aliphatic carbocycles. The van der Waals surface area contributed by atoms with Gasteiger partial charge in [0, 0.05) is 0 Å². The second kappa shape index (κ2) is 2.86. The van der Waals surface area contributed by atoms with Crippen LogP contribution in [0.1, 0.15) is 19.8 Å². The summed E-state index contributed by atoms with van der Waals surface area (Å²) >= 11 is 0. The van der Waals surface area contributed by atoms with Gasteiger partial charge in [0.05, 0.1) is 5.92 Å². The maximum atomic E-state index is 10.5. The van der Waals surface area contributed by atoms with Crippen molar-refractivity contribution >= 4 is 5.97 Å². The first-order valence-electron chi connectivity index (χ1n) is 3.61. The Hall–Kier alpha value is -0.790. The average Bonchev–Trinajstić information content (AvgIpc) is 2.36. The van der Waals surface area contributed by atoms with Crippen LogP contribution in [0.4, 0.5) is 0 Å². The summed E-state index contributed by atoms with van der Waals surface area (Å²) in [5.41, 5.74) is 0. The van der Waals surface area contributed by atoms with Crippen LogP contribution < -0.4 is 0 Å². The predicted octanol–water partition coefficient (Wildman–Crippen LogP) is 1.67. The number of hydrogen-bond acceptors (Lipinski definition) is 1. The Balaban J connectivity index is 2.48. The zero-order valence-corrected chi connectivity index (χ0v) is 6.08. The van der Waals surface area contributed by atoms with Crippen LogP contribution in [0.25, 0.3) is 0 Å². The highest BCUT2D eigenvalue weighted by atomic mass is 16.4. The molecular weight excluding hydrogens is 128 g/mol. The van der Waals surface area contributed by atoms with Crippen molar-refractivity contribution in [3.05, 3.63) is 12.2 Å². The monoisotopic (exact) mass is 140 g/mol. The summed E-state index contributed by atoms with van der Waals surface area (Å²) in [7, 11) is 0. The Morgan fingerprint density at radius 2 is 2.50 bits per heavy atom. The van der Waals surface area contributed by atoms with E-state index in [4.69, 9.17) is 5.11 Å². The molecule has 2 nitrogen and oxygen atoms in total. The number of allylic oxidation sites excluding steroid dienone is 2. The highest BCUT2D eigenvalue weighted by Crippen LogP contribution is 2.24. The lowest BCUT2D eigenvalue weighted by Crippen LogP contribution is -2.17. The lowest BCUT2D eigenvalue weighted by atomic mass is 9.94. The van der Waals surface area contributed by atoms with E-state index in [2.05, 4.69) is 6.08 Å². The molecule has 1 rings (SSSR count). The molecular formula is C8H12O2. The fraction of sp³-hybridized carbons (Fsp3) is 0.625. The van der Waals surface area contributed by atoms with Gasteiger partial charge >= 0.3 is 5.97 Å². The van der Waals surface area contributed by atoms with Crippen molar-refractivity contribution in [2.24, 2.45) is 11.8 Å². The molecule has 0 heterocycles. The summed E-state index contributed by atoms with van der Waals surface area (Å²) in [6.45, 7) is 1.77. The first kappa shape index (κ1) is 7.32. The molecule has 0 unspecified atom stereocenters. The van der Waals surface area contributed by atoms with E-state index in [0.717, 1.165) is 12.8 Å². The van der Waals surface area contributed by atoms with Gasteiger partial charge in [-0.25, -0.2) is 0 Å². The van der Waals surface area contributed by atoms with Gasteiger partial charge in [-0.2, -0.15) is 0 Å². The van der Waals surface area contributed by atoms with Gasteiger partial charge in [-0.3, -0.25) is 4.79 Å². The van der Waals surface area contributed by atoms with E-state index in [-0.39, 0.29) is 11.8 Å². The van der Waals surface area contributed by atoms with Crippen molar-refractivity contribution in [3.63, 3.8) is 0 Å². The van der Waals surface area contributed by atoms with E-state index in [1.807, 2.05) is 6.08 Å². The number of hydrogen-bond donors (Lipinski definition) is 1. The second-order valence-corrected chi connectivity index (χ2v) is 2.80. The average molecular weight is 140 g/mol. The fourth-order valence-electron chi connectivity index (χ4n) is 1.26. The van der Waals surface area contributed by atoms with Crippen LogP contribution in [-0.4, -0.2) is 11.1 Å². The molecule has 0 saturated carbocycles. The highest BCUT2D eigenvalue weighted by Gasteiger charge is 2.22. The normalized spacial score (nSPS) is 26.7. The van der Waals surface area contributed by atoms with Gasteiger partial charge in [-0.05, 0) is 18.8 Å². The Labute approximate surface area is 60.6 Å². The molecule has 2 atom stereocenters. The van der Waals surface area contributed by atoms with Crippen LogP contribution in [0.2, 0.25) is 0 Å². The SMILES string of the molecule is C[C@@H](C(=O)O)[C@@H]1C=CCC1. The Kier molecular flexibility index (Phi) is 2.10. The van der Waals surface area contributed by atoms with E-state index in [1.165, 1.54) is 0 Å². The minimum Gasteiger partial charge on any atom is -0.481 e. The van der Waals surface area contributed by atoms with E-state index in [9.17, 15) is 4.79 Å². The minimum atomic E-state index is -0.684. The van der Waals surface area contributed by atoms with Crippen molar-refractivity contribution in [1.82, 2.24) is 0 Å². The number of rotatable bonds is 2. The molecule has 56 valence electrons. The van der Waals surface area contributed by atoms with Gasteiger partial charge in [0.2, 0.25) is 0 Å². The van der Waals surface area contributed by atoms with E-state index in [1.54, 1.807) is 6.92 Å². The molecule has 0 spiro atoms. The van der Waals surface area contributed by atoms with E-state index < -0.39 is 5.97 Å². The Morgan fingerprint density at radius 3 is 2.90 bits per heavy atom. The van der Waals surface area contributed by atoms with Crippen molar-refractivity contribution in [2.45, 2.75) is 19.8 Å². The lowest BCUT2D eigenvalue weighted by Gasteiger charge is -2.11. The molecule has 1 N–H and O–H groups in total. The maximum Gasteiger partial charge on any atom is 0.306 e. The van der Waals surface area contributed by atoms with E-state index in [0.29, 0.717) is 0 Å². The standard InChI is InChI=1S/C8H12O2/c1-6(8(9)10)7-4-2-3-5-7/h2,4,6-7H,3,5H2,1H3,(H,9,10)/t6-,7-/m1/s1. The molecule has 0 bridgehead atoms. The summed E-state index contributed by atoms with van der Waals surface area (Å²) in [6.07, 6.45) is 6.12. The molecule has 0 fully saturated rings. The van der Waals surface area contributed by atoms with Crippen molar-refractivity contribution in [2.75, 3.05) is 0 Å². The van der Waals surface area contributed by atoms with Gasteiger partial charge in [-0.1, -0.05) is 19.1 Å². The van der Waals surface area contributed by atoms with Crippen LogP contribution in [0.15, 0.2) is 12.2 Å². The Morgan fingerprint density at radius 1 is 1.80 bits per heavy atom. The van der Waals surface area contributed by atoms with Gasteiger partial charge in [-0.15, -0.1) is 0 Å². The van der Waals surface area contributed by atoms with Crippen molar-refractivity contribution < 1.29 is 9.90 Å². The number of carbonyl (C=O) groups is 1. The minimum absolute atomic E-state index is 0.209. The van der Waals surface area contributed by atoms with Gasteiger partial charge in [0.15, 0.2) is 0 Å². The molecule has 0 aromatic rings. The maximum absolute atomic E-state index is 10.5. The molecule has 0 radical (unpaired) electrons. The molecule has 0 amide bonds. The number of carboxylic acids is 1. The quantitative estimate of drug-likeness (QED) is 0.592. The van der Waals surface area contributed by atoms with Gasteiger partial charge in [0.1, 0.15) is 0 Å². The third kappa shape index (κ3) is 1.38. The Bertz CT molecular complexity index is 161. The van der Waals surface area contributed by atoms with Crippen molar-refractivity contribution in [1.29, 1.82) is 0 Å². The summed E-state index contributed by atoms with van der Waals surface area (Å²) in [5.74, 6) is -0.618. The lowest BCUT2D eigenvalue weighted by molar-refractivity contribution is -0.142. The van der Waals surface area contributed by atoms with Crippen LogP contribution in [0, 0.1) is 11.8 Å². The van der Waals surface area contributed by atoms with Gasteiger partial charge < -0.3 is 5.11 Å². The van der Waals surface area contributed by atoms with Crippen molar-refractivity contribution in [3.8, 4) is 0 Å². The highest BCUT2D eigenvalue weighted by molar-refractivity contribution is 5.70. The van der Waals surface area contributed by atoms with Crippen LogP contribution >= 0.6 is 0 Å². The first-order chi connectivity index (χ1) is 4.72. The third-order valence-corrected chi connectivity index (χ3v) is 2.08. The molecule has 10 heavy (non-hydrogen) atoms. The van der Waals surface area contributed by atoms with Crippen LogP contribution in [0.5, 0.6) is 0 Å². The molecule has 0 aliphatic heterocycles. The second-order valence-electron chi connectivity index (χ2n) is 2.80. The molecule has 0 saturated heterocycles. The largest absolute Gasteiger partial charge is 0.481 e. The fourth-order valence-corrected chi connectivity index (χ4v) is 1.26. The summed E-state index contributed by atoms with van der Waals surface area (Å²) in [4.78, 5) is 10.5. The zero-order chi connectivity index (χ0) is 7.56. The number of carboxylic acid groups (broad SMARTS) is 1. The first-order valence-corrected chi connectivity index (χ1v) is 3.61. The molecule has 0 aromatic heterocycles. The van der Waals surface area contributed by atoms with E-state index >= 15 is 0 Å². The molecule has 1 aliphatic rings. The number of aliphatic carboxylic acids is 1. The summed E-state index contributed by atoms with van der Waals surface area (Å²) in [6, 6.07) is 0. The summed E-state index contributed by atoms with van der Waals surface area (Å²) in [5, 5.41) is 8.61. The third-order valence-electron chi connectivity index (χ3n) is 2.08. The topological polar surface area (TPSA) is 37.3 Å². The predicted molar refractivity (Wildman–Crippen MR) is 38.7 cm³/mol. The van der Waals surface area contributed by atoms with Crippen LogP contribution in [0.3, 0.4) is 0 Å². The summed E-state index contributed by atoms with van der Waals surface area (Å²) < 4.78 is 0. The van der Waals surface area contributed by atoms with Crippen LogP contribution in [-0.2, 0) is 4.79 Å². The zero-order valence-electron chi connectivity index (χ0n) is 6.08. The van der Waals surface area contributed by atoms with Gasteiger partial charge in [0.25, 0.3) is 0 Å².